The minimum absolute atomic E-state index is 0.0124. The van der Waals surface area contributed by atoms with Crippen LogP contribution < -0.4 is 5.73 Å². The summed E-state index contributed by atoms with van der Waals surface area (Å²) in [5.74, 6) is 0.209. The van der Waals surface area contributed by atoms with Crippen molar-refractivity contribution in [3.63, 3.8) is 0 Å². The van der Waals surface area contributed by atoms with Gasteiger partial charge in [-0.25, -0.2) is 0 Å². The maximum atomic E-state index is 12.5. The summed E-state index contributed by atoms with van der Waals surface area (Å²) in [6.07, 6.45) is 1.72. The van der Waals surface area contributed by atoms with Gasteiger partial charge in [0.25, 0.3) is 0 Å². The van der Waals surface area contributed by atoms with Crippen LogP contribution in [0.3, 0.4) is 0 Å². The molecule has 0 aromatic heterocycles. The molecule has 4 heteroatoms. The van der Waals surface area contributed by atoms with E-state index in [1.165, 1.54) is 0 Å². The Bertz CT molecular complexity index is 307. The van der Waals surface area contributed by atoms with Gasteiger partial charge in [-0.05, 0) is 54.0 Å². The van der Waals surface area contributed by atoms with Gasteiger partial charge in [-0.15, -0.1) is 0 Å². The van der Waals surface area contributed by atoms with E-state index in [0.29, 0.717) is 6.54 Å². The standard InChI is InChI=1S/C14H29N3O/c1-13(2,3)17-11(7-9-15)12(18)16(6)10-8-14(17,4)5/h11H,7-10,15H2,1-6H3. The SMILES string of the molecule is CN1CCC(C)(C)N(C(C)(C)C)C(CCN)C1=O. The van der Waals surface area contributed by atoms with Crippen molar-refractivity contribution in [2.45, 2.75) is 64.6 Å². The molecule has 1 saturated heterocycles. The van der Waals surface area contributed by atoms with Crippen molar-refractivity contribution >= 4 is 5.91 Å². The molecule has 0 aromatic carbocycles. The van der Waals surface area contributed by atoms with Gasteiger partial charge in [0, 0.05) is 24.7 Å². The Labute approximate surface area is 111 Å². The molecule has 2 N–H and O–H groups in total. The molecule has 0 radical (unpaired) electrons. The maximum absolute atomic E-state index is 12.5. The van der Waals surface area contributed by atoms with Gasteiger partial charge < -0.3 is 10.6 Å². The van der Waals surface area contributed by atoms with E-state index < -0.39 is 0 Å². The molecule has 18 heavy (non-hydrogen) atoms. The predicted octanol–water partition coefficient (Wildman–Crippen LogP) is 1.45. The van der Waals surface area contributed by atoms with Crippen LogP contribution in [0.1, 0.15) is 47.5 Å². The lowest BCUT2D eigenvalue weighted by molar-refractivity contribution is -0.138. The highest BCUT2D eigenvalue weighted by atomic mass is 16.2. The fraction of sp³-hybridized carbons (Fsp3) is 0.929. The van der Waals surface area contributed by atoms with Crippen LogP contribution in [0, 0.1) is 0 Å². The zero-order valence-electron chi connectivity index (χ0n) is 12.8. The molecule has 1 fully saturated rings. The summed E-state index contributed by atoms with van der Waals surface area (Å²) in [5, 5.41) is 0. The Kier molecular flexibility index (Phi) is 4.44. The summed E-state index contributed by atoms with van der Waals surface area (Å²) >= 11 is 0. The topological polar surface area (TPSA) is 49.6 Å². The van der Waals surface area contributed by atoms with Crippen molar-refractivity contribution in [1.82, 2.24) is 9.80 Å². The molecule has 0 spiro atoms. The van der Waals surface area contributed by atoms with Crippen LogP contribution in [-0.2, 0) is 4.79 Å². The van der Waals surface area contributed by atoms with Crippen molar-refractivity contribution in [3.05, 3.63) is 0 Å². The van der Waals surface area contributed by atoms with Crippen molar-refractivity contribution in [2.24, 2.45) is 5.73 Å². The Morgan fingerprint density at radius 3 is 2.39 bits per heavy atom. The number of carbonyl (C=O) groups is 1. The summed E-state index contributed by atoms with van der Waals surface area (Å²) in [6.45, 7) is 12.4. The van der Waals surface area contributed by atoms with Crippen molar-refractivity contribution < 1.29 is 4.79 Å². The van der Waals surface area contributed by atoms with Crippen molar-refractivity contribution in [1.29, 1.82) is 0 Å². The van der Waals surface area contributed by atoms with E-state index in [2.05, 4.69) is 39.5 Å². The molecule has 1 aliphatic heterocycles. The van der Waals surface area contributed by atoms with Gasteiger partial charge in [-0.1, -0.05) is 0 Å². The smallest absolute Gasteiger partial charge is 0.239 e. The van der Waals surface area contributed by atoms with Crippen LogP contribution in [-0.4, -0.2) is 53.0 Å². The fourth-order valence-electron chi connectivity index (χ4n) is 3.24. The van der Waals surface area contributed by atoms with Crippen LogP contribution in [0.2, 0.25) is 0 Å². The fourth-order valence-corrected chi connectivity index (χ4v) is 3.24. The lowest BCUT2D eigenvalue weighted by Gasteiger charge is -2.49. The van der Waals surface area contributed by atoms with Crippen molar-refractivity contribution in [2.75, 3.05) is 20.1 Å². The highest BCUT2D eigenvalue weighted by Gasteiger charge is 2.45. The quantitative estimate of drug-likeness (QED) is 0.812. The number of hydrogen-bond donors (Lipinski definition) is 1. The molecule has 1 atom stereocenters. The van der Waals surface area contributed by atoms with E-state index in [0.717, 1.165) is 19.4 Å². The predicted molar refractivity (Wildman–Crippen MR) is 75.4 cm³/mol. The third-order valence-electron chi connectivity index (χ3n) is 3.85. The maximum Gasteiger partial charge on any atom is 0.239 e. The number of nitrogens with two attached hydrogens (primary N) is 1. The number of hydrogen-bond acceptors (Lipinski definition) is 3. The van der Waals surface area contributed by atoms with E-state index in [-0.39, 0.29) is 23.0 Å². The van der Waals surface area contributed by atoms with Gasteiger partial charge in [-0.3, -0.25) is 9.69 Å². The Balaban J connectivity index is 3.20. The number of rotatable bonds is 2. The first-order valence-electron chi connectivity index (χ1n) is 6.86. The van der Waals surface area contributed by atoms with Crippen LogP contribution in [0.4, 0.5) is 0 Å². The summed E-state index contributed by atoms with van der Waals surface area (Å²) in [5.41, 5.74) is 5.69. The normalized spacial score (nSPS) is 26.3. The molecule has 1 aliphatic rings. The zero-order valence-corrected chi connectivity index (χ0v) is 12.8. The molecule has 1 heterocycles. The highest BCUT2D eigenvalue weighted by molar-refractivity contribution is 5.82. The third kappa shape index (κ3) is 3.04. The number of likely N-dealkylation sites (N-methyl/N-ethyl adjacent to an activating group) is 1. The summed E-state index contributed by atoms with van der Waals surface area (Å²) in [6, 6.07) is -0.0995. The van der Waals surface area contributed by atoms with Crippen LogP contribution >= 0.6 is 0 Å². The summed E-state index contributed by atoms with van der Waals surface area (Å²) in [7, 11) is 1.90. The van der Waals surface area contributed by atoms with E-state index in [1.807, 2.05) is 11.9 Å². The first-order chi connectivity index (χ1) is 8.11. The lowest BCUT2D eigenvalue weighted by Crippen LogP contribution is -2.60. The number of carbonyl (C=O) groups excluding carboxylic acids is 1. The molecule has 1 amide bonds. The molecular formula is C14H29N3O. The van der Waals surface area contributed by atoms with Gasteiger partial charge in [0.15, 0.2) is 0 Å². The van der Waals surface area contributed by atoms with E-state index in [1.54, 1.807) is 0 Å². The van der Waals surface area contributed by atoms with E-state index in [9.17, 15) is 4.79 Å². The first-order valence-corrected chi connectivity index (χ1v) is 6.86. The average Bonchev–Trinajstić information content (AvgIpc) is 2.28. The Morgan fingerprint density at radius 2 is 1.94 bits per heavy atom. The monoisotopic (exact) mass is 255 g/mol. The number of amides is 1. The molecule has 0 saturated carbocycles. The molecule has 0 bridgehead atoms. The van der Waals surface area contributed by atoms with Crippen LogP contribution in [0.25, 0.3) is 0 Å². The third-order valence-corrected chi connectivity index (χ3v) is 3.85. The van der Waals surface area contributed by atoms with Gasteiger partial charge in [0.05, 0.1) is 6.04 Å². The highest BCUT2D eigenvalue weighted by Crippen LogP contribution is 2.34. The second-order valence-corrected chi connectivity index (χ2v) is 6.96. The van der Waals surface area contributed by atoms with E-state index >= 15 is 0 Å². The molecule has 1 unspecified atom stereocenters. The molecule has 0 aromatic rings. The second kappa shape index (κ2) is 5.17. The van der Waals surface area contributed by atoms with Gasteiger partial charge in [0.2, 0.25) is 5.91 Å². The Hall–Kier alpha value is -0.610. The largest absolute Gasteiger partial charge is 0.344 e. The second-order valence-electron chi connectivity index (χ2n) is 6.96. The lowest BCUT2D eigenvalue weighted by atomic mass is 9.89. The molecule has 0 aliphatic carbocycles. The van der Waals surface area contributed by atoms with Gasteiger partial charge in [0.1, 0.15) is 0 Å². The summed E-state index contributed by atoms with van der Waals surface area (Å²) in [4.78, 5) is 16.7. The number of nitrogens with zero attached hydrogens (tertiary/aromatic N) is 2. The molecular weight excluding hydrogens is 226 g/mol. The van der Waals surface area contributed by atoms with Gasteiger partial charge in [-0.2, -0.15) is 0 Å². The van der Waals surface area contributed by atoms with Crippen LogP contribution in [0.15, 0.2) is 0 Å². The van der Waals surface area contributed by atoms with Gasteiger partial charge >= 0.3 is 0 Å². The molecule has 1 rings (SSSR count). The first kappa shape index (κ1) is 15.4. The van der Waals surface area contributed by atoms with E-state index in [4.69, 9.17) is 5.73 Å². The molecule has 4 nitrogen and oxygen atoms in total. The average molecular weight is 255 g/mol. The van der Waals surface area contributed by atoms with Crippen molar-refractivity contribution in [3.8, 4) is 0 Å². The summed E-state index contributed by atoms with van der Waals surface area (Å²) < 4.78 is 0. The Morgan fingerprint density at radius 1 is 1.39 bits per heavy atom. The zero-order chi connectivity index (χ0) is 14.1. The minimum Gasteiger partial charge on any atom is -0.344 e. The molecule has 106 valence electrons. The minimum atomic E-state index is -0.0995. The van der Waals surface area contributed by atoms with Crippen LogP contribution in [0.5, 0.6) is 0 Å².